The summed E-state index contributed by atoms with van der Waals surface area (Å²) in [5, 5.41) is 9.33. The van der Waals surface area contributed by atoms with E-state index >= 15 is 0 Å². The molecular weight excluding hydrogens is 354 g/mol. The lowest BCUT2D eigenvalue weighted by Gasteiger charge is -2.33. The van der Waals surface area contributed by atoms with Crippen LogP contribution in [0.5, 0.6) is 0 Å². The summed E-state index contributed by atoms with van der Waals surface area (Å²) in [4.78, 5) is 30.8. The van der Waals surface area contributed by atoms with Gasteiger partial charge in [-0.3, -0.25) is 19.7 Å². The average molecular weight is 372 g/mol. The van der Waals surface area contributed by atoms with Crippen molar-refractivity contribution < 1.29 is 14.8 Å². The summed E-state index contributed by atoms with van der Waals surface area (Å²) in [6.07, 6.45) is 4.47. The fourth-order valence-electron chi connectivity index (χ4n) is 4.03. The Morgan fingerprint density at radius 3 is 2.81 bits per heavy atom. The summed E-state index contributed by atoms with van der Waals surface area (Å²) in [5.74, 6) is 0.220. The van der Waals surface area contributed by atoms with Gasteiger partial charge in [0.2, 0.25) is 5.91 Å². The Kier molecular flexibility index (Phi) is 4.17. The fourth-order valence-corrected chi connectivity index (χ4v) is 4.14. The van der Waals surface area contributed by atoms with Gasteiger partial charge in [-0.1, -0.05) is 17.7 Å². The number of anilines is 1. The Hall–Kier alpha value is -2.44. The summed E-state index contributed by atoms with van der Waals surface area (Å²) in [7, 11) is 0. The largest absolute Gasteiger partial charge is 0.296 e. The predicted octanol–water partition coefficient (Wildman–Crippen LogP) is 2.77. The van der Waals surface area contributed by atoms with Gasteiger partial charge in [0.05, 0.1) is 10.4 Å². The molecule has 0 radical (unpaired) electrons. The Bertz CT molecular complexity index is 884. The van der Waals surface area contributed by atoms with Crippen molar-refractivity contribution in [2.75, 3.05) is 11.4 Å². The number of hydrogen-bond donors (Lipinski definition) is 2. The third-order valence-electron chi connectivity index (χ3n) is 5.47. The van der Waals surface area contributed by atoms with Crippen LogP contribution < -0.4 is 10.4 Å². The molecule has 1 aliphatic heterocycles. The highest BCUT2D eigenvalue weighted by Crippen LogP contribution is 2.44. The third kappa shape index (κ3) is 2.75. The minimum Gasteiger partial charge on any atom is -0.296 e. The number of amides is 2. The Balaban J connectivity index is 1.59. The number of halogens is 1. The molecule has 2 aromatic rings. The molecule has 6 nitrogen and oxygen atoms in total. The minimum atomic E-state index is -0.523. The van der Waals surface area contributed by atoms with Crippen molar-refractivity contribution in [3.8, 4) is 0 Å². The number of nitrogens with zero attached hydrogens (tertiary/aromatic N) is 2. The number of carbonyl (C=O) groups excluding carboxylic acids is 2. The fraction of sp³-hybridized carbons (Fsp3) is 0.316. The number of aryl methyl sites for hydroxylation is 1. The van der Waals surface area contributed by atoms with Gasteiger partial charge in [0.1, 0.15) is 5.82 Å². The van der Waals surface area contributed by atoms with E-state index in [1.165, 1.54) is 0 Å². The van der Waals surface area contributed by atoms with Gasteiger partial charge in [-0.05, 0) is 61.1 Å². The zero-order chi connectivity index (χ0) is 18.3. The normalized spacial score (nSPS) is 21.8. The van der Waals surface area contributed by atoms with Crippen molar-refractivity contribution in [3.63, 3.8) is 0 Å². The van der Waals surface area contributed by atoms with Crippen LogP contribution in [0, 0.1) is 5.41 Å². The standard InChI is InChI=1S/C19H18ClN3O3/c20-15-3-4-16(21-11-15)23-8-7-19(18(23)25)6-5-12-9-13(17(24)22-26)1-2-14(12)10-19/h1-4,9,11,26H,5-8,10H2,(H,22,24)/t19-/m1/s1. The molecule has 2 heterocycles. The van der Waals surface area contributed by atoms with Crippen LogP contribution in [0.15, 0.2) is 36.5 Å². The predicted molar refractivity (Wildman–Crippen MR) is 96.4 cm³/mol. The molecule has 1 aromatic heterocycles. The molecule has 2 N–H and O–H groups in total. The van der Waals surface area contributed by atoms with Crippen LogP contribution in [0.1, 0.15) is 34.3 Å². The highest BCUT2D eigenvalue weighted by atomic mass is 35.5. The number of carbonyl (C=O) groups is 2. The summed E-state index contributed by atoms with van der Waals surface area (Å²) < 4.78 is 0. The summed E-state index contributed by atoms with van der Waals surface area (Å²) in [6.45, 7) is 0.647. The first-order chi connectivity index (χ1) is 12.5. The average Bonchev–Trinajstić information content (AvgIpc) is 2.97. The third-order valence-corrected chi connectivity index (χ3v) is 5.70. The van der Waals surface area contributed by atoms with Gasteiger partial charge < -0.3 is 0 Å². The number of benzene rings is 1. The van der Waals surface area contributed by atoms with Crippen LogP contribution in [-0.2, 0) is 17.6 Å². The van der Waals surface area contributed by atoms with Gasteiger partial charge in [-0.25, -0.2) is 10.5 Å². The van der Waals surface area contributed by atoms with Crippen molar-refractivity contribution in [2.45, 2.75) is 25.7 Å². The van der Waals surface area contributed by atoms with Crippen molar-refractivity contribution in [3.05, 3.63) is 58.2 Å². The maximum absolute atomic E-state index is 13.2. The number of hydroxylamine groups is 1. The first-order valence-electron chi connectivity index (χ1n) is 8.52. The molecule has 26 heavy (non-hydrogen) atoms. The van der Waals surface area contributed by atoms with E-state index in [2.05, 4.69) is 4.98 Å². The summed E-state index contributed by atoms with van der Waals surface area (Å²) in [6, 6.07) is 8.88. The van der Waals surface area contributed by atoms with Crippen molar-refractivity contribution in [1.29, 1.82) is 0 Å². The van der Waals surface area contributed by atoms with Gasteiger partial charge in [-0.2, -0.15) is 0 Å². The Morgan fingerprint density at radius 2 is 2.08 bits per heavy atom. The number of fused-ring (bicyclic) bond motifs is 1. The highest BCUT2D eigenvalue weighted by Gasteiger charge is 2.48. The van der Waals surface area contributed by atoms with E-state index in [0.29, 0.717) is 29.4 Å². The van der Waals surface area contributed by atoms with Crippen molar-refractivity contribution >= 4 is 29.2 Å². The Labute approximate surface area is 155 Å². The maximum atomic E-state index is 13.2. The minimum absolute atomic E-state index is 0.107. The van der Waals surface area contributed by atoms with Crippen LogP contribution >= 0.6 is 11.6 Å². The number of pyridine rings is 1. The lowest BCUT2D eigenvalue weighted by molar-refractivity contribution is -0.126. The lowest BCUT2D eigenvalue weighted by atomic mass is 9.70. The molecular formula is C19H18ClN3O3. The first-order valence-corrected chi connectivity index (χ1v) is 8.90. The van der Waals surface area contributed by atoms with E-state index < -0.39 is 11.3 Å². The topological polar surface area (TPSA) is 82.5 Å². The molecule has 2 aliphatic rings. The van der Waals surface area contributed by atoms with Crippen LogP contribution in [0.2, 0.25) is 5.02 Å². The van der Waals surface area contributed by atoms with Crippen LogP contribution in [0.4, 0.5) is 5.82 Å². The van der Waals surface area contributed by atoms with Crippen molar-refractivity contribution in [2.24, 2.45) is 5.41 Å². The molecule has 1 atom stereocenters. The van der Waals surface area contributed by atoms with E-state index in [9.17, 15) is 9.59 Å². The monoisotopic (exact) mass is 371 g/mol. The summed E-state index contributed by atoms with van der Waals surface area (Å²) >= 11 is 5.89. The van der Waals surface area contributed by atoms with Crippen molar-refractivity contribution in [1.82, 2.24) is 10.5 Å². The molecule has 1 saturated heterocycles. The van der Waals surface area contributed by atoms with E-state index in [1.54, 1.807) is 40.8 Å². The van der Waals surface area contributed by atoms with Gasteiger partial charge >= 0.3 is 0 Å². The number of nitrogens with one attached hydrogen (secondary N) is 1. The Morgan fingerprint density at radius 1 is 1.23 bits per heavy atom. The molecule has 1 aromatic carbocycles. The lowest BCUT2D eigenvalue weighted by Crippen LogP contribution is -2.39. The molecule has 134 valence electrons. The van der Waals surface area contributed by atoms with Gasteiger partial charge in [0.25, 0.3) is 5.91 Å². The highest BCUT2D eigenvalue weighted by molar-refractivity contribution is 6.30. The van der Waals surface area contributed by atoms with Gasteiger partial charge in [-0.15, -0.1) is 0 Å². The van der Waals surface area contributed by atoms with E-state index in [0.717, 1.165) is 30.4 Å². The zero-order valence-electron chi connectivity index (χ0n) is 14.0. The quantitative estimate of drug-likeness (QED) is 0.628. The number of aromatic nitrogens is 1. The van der Waals surface area contributed by atoms with Crippen LogP contribution in [0.25, 0.3) is 0 Å². The van der Waals surface area contributed by atoms with Crippen LogP contribution in [0.3, 0.4) is 0 Å². The first kappa shape index (κ1) is 17.0. The maximum Gasteiger partial charge on any atom is 0.274 e. The van der Waals surface area contributed by atoms with Gasteiger partial charge in [0.15, 0.2) is 0 Å². The molecule has 7 heteroatoms. The molecule has 0 unspecified atom stereocenters. The number of rotatable bonds is 2. The molecule has 2 amide bonds. The smallest absolute Gasteiger partial charge is 0.274 e. The molecule has 1 aliphatic carbocycles. The molecule has 0 saturated carbocycles. The molecule has 1 spiro atoms. The molecule has 0 bridgehead atoms. The second kappa shape index (κ2) is 6.37. The second-order valence-corrected chi connectivity index (χ2v) is 7.36. The van der Waals surface area contributed by atoms with E-state index in [1.807, 2.05) is 6.07 Å². The van der Waals surface area contributed by atoms with Crippen LogP contribution in [-0.4, -0.2) is 28.6 Å². The number of hydrogen-bond acceptors (Lipinski definition) is 4. The van der Waals surface area contributed by atoms with E-state index in [-0.39, 0.29) is 5.91 Å². The van der Waals surface area contributed by atoms with Gasteiger partial charge in [0, 0.05) is 18.3 Å². The second-order valence-electron chi connectivity index (χ2n) is 6.92. The molecule has 1 fully saturated rings. The van der Waals surface area contributed by atoms with E-state index in [4.69, 9.17) is 16.8 Å². The summed E-state index contributed by atoms with van der Waals surface area (Å²) in [5.41, 5.74) is 3.82. The SMILES string of the molecule is O=C(NO)c1ccc2c(c1)CC[C@@]1(CCN(c3ccc(Cl)cn3)C1=O)C2. The zero-order valence-corrected chi connectivity index (χ0v) is 14.8. The molecule has 4 rings (SSSR count).